The lowest BCUT2D eigenvalue weighted by Crippen LogP contribution is -2.27. The van der Waals surface area contributed by atoms with Gasteiger partial charge in [-0.3, -0.25) is 0 Å². The number of benzene rings is 1. The largest absolute Gasteiger partial charge is 0.497 e. The van der Waals surface area contributed by atoms with E-state index in [-0.39, 0.29) is 0 Å². The number of methoxy groups -OCH3 is 3. The number of ether oxygens (including phenoxy) is 4. The first-order chi connectivity index (χ1) is 11.1. The molecular formula is C17H24O6. The molecule has 0 saturated carbocycles. The molecular weight excluding hydrogens is 300 g/mol. The second-order valence-electron chi connectivity index (χ2n) is 4.84. The molecule has 0 unspecified atom stereocenters. The molecule has 0 aliphatic carbocycles. The molecule has 1 N–H and O–H groups in total. The van der Waals surface area contributed by atoms with Crippen molar-refractivity contribution in [3.63, 3.8) is 0 Å². The molecule has 0 bridgehead atoms. The summed E-state index contributed by atoms with van der Waals surface area (Å²) in [5.41, 5.74) is 1.02. The molecule has 0 aromatic heterocycles. The molecule has 6 nitrogen and oxygen atoms in total. The van der Waals surface area contributed by atoms with Crippen LogP contribution in [0.15, 0.2) is 36.4 Å². The van der Waals surface area contributed by atoms with Gasteiger partial charge in [-0.1, -0.05) is 12.1 Å². The molecule has 6 heteroatoms. The third kappa shape index (κ3) is 7.27. The van der Waals surface area contributed by atoms with E-state index in [4.69, 9.17) is 14.2 Å². The van der Waals surface area contributed by atoms with Gasteiger partial charge in [0.15, 0.2) is 0 Å². The summed E-state index contributed by atoms with van der Waals surface area (Å²) in [4.78, 5) is 11.0. The number of rotatable bonds is 10. The Hall–Kier alpha value is -1.89. The smallest absolute Gasteiger partial charge is 0.330 e. The van der Waals surface area contributed by atoms with Crippen LogP contribution in [0.1, 0.15) is 12.0 Å². The average Bonchev–Trinajstić information content (AvgIpc) is 2.59. The fourth-order valence-electron chi connectivity index (χ4n) is 1.89. The van der Waals surface area contributed by atoms with Gasteiger partial charge in [-0.05, 0) is 30.2 Å². The first-order valence-corrected chi connectivity index (χ1v) is 7.28. The van der Waals surface area contributed by atoms with E-state index in [0.29, 0.717) is 19.6 Å². The molecule has 1 aromatic rings. The van der Waals surface area contributed by atoms with Gasteiger partial charge in [0.1, 0.15) is 11.9 Å². The van der Waals surface area contributed by atoms with Crippen LogP contribution < -0.4 is 4.74 Å². The summed E-state index contributed by atoms with van der Waals surface area (Å²) in [6.07, 6.45) is 1.74. The van der Waals surface area contributed by atoms with Crippen molar-refractivity contribution in [2.75, 3.05) is 27.9 Å². The number of hydrogen-bond acceptors (Lipinski definition) is 6. The van der Waals surface area contributed by atoms with Gasteiger partial charge in [0.25, 0.3) is 0 Å². The van der Waals surface area contributed by atoms with Crippen LogP contribution in [0.2, 0.25) is 0 Å². The Kier molecular flexibility index (Phi) is 8.97. The SMILES string of the molecule is COC(=O)/C=C/[C@@H](OC)[C@@H](O)CCOCc1ccc(OC)cc1. The third-order valence-corrected chi connectivity index (χ3v) is 3.26. The van der Waals surface area contributed by atoms with E-state index in [9.17, 15) is 9.90 Å². The summed E-state index contributed by atoms with van der Waals surface area (Å²) in [6, 6.07) is 7.58. The van der Waals surface area contributed by atoms with E-state index >= 15 is 0 Å². The second-order valence-corrected chi connectivity index (χ2v) is 4.84. The maximum atomic E-state index is 11.0. The predicted molar refractivity (Wildman–Crippen MR) is 85.2 cm³/mol. The zero-order chi connectivity index (χ0) is 17.1. The molecule has 0 amide bonds. The van der Waals surface area contributed by atoms with Crippen molar-refractivity contribution in [2.45, 2.75) is 25.2 Å². The fraction of sp³-hybridized carbons (Fsp3) is 0.471. The van der Waals surface area contributed by atoms with Gasteiger partial charge in [0.05, 0.1) is 26.9 Å². The van der Waals surface area contributed by atoms with Crippen LogP contribution in [0.4, 0.5) is 0 Å². The van der Waals surface area contributed by atoms with Crippen LogP contribution >= 0.6 is 0 Å². The van der Waals surface area contributed by atoms with Crippen molar-refractivity contribution in [2.24, 2.45) is 0 Å². The van der Waals surface area contributed by atoms with E-state index in [0.717, 1.165) is 11.3 Å². The Morgan fingerprint density at radius 2 is 1.91 bits per heavy atom. The molecule has 0 heterocycles. The van der Waals surface area contributed by atoms with Crippen LogP contribution in [0, 0.1) is 0 Å². The van der Waals surface area contributed by atoms with Crippen LogP contribution in [0.25, 0.3) is 0 Å². The second kappa shape index (κ2) is 10.8. The summed E-state index contributed by atoms with van der Waals surface area (Å²) in [5.74, 6) is 0.305. The highest BCUT2D eigenvalue weighted by Gasteiger charge is 2.16. The van der Waals surface area contributed by atoms with E-state index in [1.807, 2.05) is 24.3 Å². The zero-order valence-corrected chi connectivity index (χ0v) is 13.7. The zero-order valence-electron chi connectivity index (χ0n) is 13.7. The van der Waals surface area contributed by atoms with Gasteiger partial charge in [0.2, 0.25) is 0 Å². The molecule has 0 radical (unpaired) electrons. The molecule has 23 heavy (non-hydrogen) atoms. The van der Waals surface area contributed by atoms with E-state index in [1.54, 1.807) is 7.11 Å². The summed E-state index contributed by atoms with van der Waals surface area (Å²) in [6.45, 7) is 0.825. The van der Waals surface area contributed by atoms with Crippen molar-refractivity contribution >= 4 is 5.97 Å². The Morgan fingerprint density at radius 3 is 2.48 bits per heavy atom. The number of carbonyl (C=O) groups excluding carboxylic acids is 1. The van der Waals surface area contributed by atoms with Crippen molar-refractivity contribution in [3.05, 3.63) is 42.0 Å². The summed E-state index contributed by atoms with van der Waals surface area (Å²) in [5, 5.41) is 10.0. The molecule has 0 aliphatic heterocycles. The Bertz CT molecular complexity index is 482. The minimum atomic E-state index is -0.767. The van der Waals surface area contributed by atoms with Crippen molar-refractivity contribution in [1.82, 2.24) is 0 Å². The highest BCUT2D eigenvalue weighted by atomic mass is 16.5. The topological polar surface area (TPSA) is 74.2 Å². The van der Waals surface area contributed by atoms with Crippen LogP contribution in [-0.4, -0.2) is 51.2 Å². The lowest BCUT2D eigenvalue weighted by Gasteiger charge is -2.18. The first-order valence-electron chi connectivity index (χ1n) is 7.28. The van der Waals surface area contributed by atoms with Crippen molar-refractivity contribution < 1.29 is 28.8 Å². The van der Waals surface area contributed by atoms with Gasteiger partial charge in [-0.25, -0.2) is 4.79 Å². The van der Waals surface area contributed by atoms with E-state index in [2.05, 4.69) is 4.74 Å². The van der Waals surface area contributed by atoms with Gasteiger partial charge >= 0.3 is 5.97 Å². The minimum absolute atomic E-state index is 0.374. The van der Waals surface area contributed by atoms with E-state index < -0.39 is 18.2 Å². The molecule has 0 fully saturated rings. The summed E-state index contributed by atoms with van der Waals surface area (Å²) in [7, 11) is 4.37. The van der Waals surface area contributed by atoms with Crippen molar-refractivity contribution in [1.29, 1.82) is 0 Å². The third-order valence-electron chi connectivity index (χ3n) is 3.26. The van der Waals surface area contributed by atoms with Gasteiger partial charge < -0.3 is 24.1 Å². The van der Waals surface area contributed by atoms with Gasteiger partial charge in [-0.2, -0.15) is 0 Å². The Balaban J connectivity index is 2.32. The quantitative estimate of drug-likeness (QED) is 0.401. The molecule has 0 saturated heterocycles. The molecule has 1 rings (SSSR count). The lowest BCUT2D eigenvalue weighted by atomic mass is 10.1. The van der Waals surface area contributed by atoms with Crippen LogP contribution in [0.5, 0.6) is 5.75 Å². The first kappa shape index (κ1) is 19.2. The normalized spacial score (nSPS) is 13.7. The number of aliphatic hydroxyl groups is 1. The molecule has 128 valence electrons. The maximum absolute atomic E-state index is 11.0. The number of aliphatic hydroxyl groups excluding tert-OH is 1. The molecule has 1 aromatic carbocycles. The number of esters is 1. The van der Waals surface area contributed by atoms with Gasteiger partial charge in [0, 0.05) is 19.8 Å². The average molecular weight is 324 g/mol. The predicted octanol–water partition coefficient (Wildman–Crippen LogP) is 1.71. The van der Waals surface area contributed by atoms with Crippen LogP contribution in [-0.2, 0) is 25.6 Å². The molecule has 0 aliphatic rings. The number of hydrogen-bond donors (Lipinski definition) is 1. The number of carbonyl (C=O) groups is 1. The minimum Gasteiger partial charge on any atom is -0.497 e. The summed E-state index contributed by atoms with van der Waals surface area (Å²) >= 11 is 0. The van der Waals surface area contributed by atoms with E-state index in [1.165, 1.54) is 26.4 Å². The maximum Gasteiger partial charge on any atom is 0.330 e. The standard InChI is InChI=1S/C17H24O6/c1-20-14-6-4-13(5-7-14)12-23-11-10-15(18)16(21-2)8-9-17(19)22-3/h4-9,15-16,18H,10-12H2,1-3H3/b9-8+/t15-,16+/m0/s1. The lowest BCUT2D eigenvalue weighted by molar-refractivity contribution is -0.134. The molecule has 2 atom stereocenters. The van der Waals surface area contributed by atoms with Crippen molar-refractivity contribution in [3.8, 4) is 5.75 Å². The Labute approximate surface area is 136 Å². The molecule has 0 spiro atoms. The van der Waals surface area contributed by atoms with Crippen LogP contribution in [0.3, 0.4) is 0 Å². The highest BCUT2D eigenvalue weighted by molar-refractivity contribution is 5.81. The monoisotopic (exact) mass is 324 g/mol. The fourth-order valence-corrected chi connectivity index (χ4v) is 1.89. The Morgan fingerprint density at radius 1 is 1.22 bits per heavy atom. The van der Waals surface area contributed by atoms with Gasteiger partial charge in [-0.15, -0.1) is 0 Å². The highest BCUT2D eigenvalue weighted by Crippen LogP contribution is 2.12. The summed E-state index contributed by atoms with van der Waals surface area (Å²) < 4.78 is 20.2.